The SMILES string of the molecule is CCNC(=O)c1ccc(NC2CCCC(SC)C2)c(N)c1. The van der Waals surface area contributed by atoms with Crippen molar-refractivity contribution in [3.63, 3.8) is 0 Å². The number of nitrogens with two attached hydrogens (primary N) is 1. The highest BCUT2D eigenvalue weighted by Crippen LogP contribution is 2.30. The molecule has 4 N–H and O–H groups in total. The number of thioether (sulfide) groups is 1. The van der Waals surface area contributed by atoms with Crippen LogP contribution in [0, 0.1) is 0 Å². The highest BCUT2D eigenvalue weighted by Gasteiger charge is 2.21. The van der Waals surface area contributed by atoms with Crippen molar-refractivity contribution in [2.75, 3.05) is 23.9 Å². The smallest absolute Gasteiger partial charge is 0.251 e. The second-order valence-corrected chi connectivity index (χ2v) is 6.67. The molecule has 116 valence electrons. The zero-order valence-corrected chi connectivity index (χ0v) is 13.6. The molecule has 2 atom stereocenters. The lowest BCUT2D eigenvalue weighted by molar-refractivity contribution is 0.0956. The molecule has 1 aromatic rings. The first-order chi connectivity index (χ1) is 10.1. The molecule has 0 radical (unpaired) electrons. The molecule has 4 nitrogen and oxygen atoms in total. The van der Waals surface area contributed by atoms with E-state index in [-0.39, 0.29) is 5.91 Å². The average molecular weight is 307 g/mol. The van der Waals surface area contributed by atoms with Crippen LogP contribution in [0.4, 0.5) is 11.4 Å². The maximum atomic E-state index is 11.8. The van der Waals surface area contributed by atoms with E-state index in [0.717, 1.165) is 10.9 Å². The summed E-state index contributed by atoms with van der Waals surface area (Å²) in [6, 6.07) is 5.98. The van der Waals surface area contributed by atoms with Crippen molar-refractivity contribution in [1.29, 1.82) is 0 Å². The Morgan fingerprint density at radius 3 is 2.90 bits per heavy atom. The van der Waals surface area contributed by atoms with Crippen LogP contribution in [0.15, 0.2) is 18.2 Å². The third-order valence-corrected chi connectivity index (χ3v) is 5.06. The van der Waals surface area contributed by atoms with Crippen LogP contribution < -0.4 is 16.4 Å². The lowest BCUT2D eigenvalue weighted by Gasteiger charge is -2.29. The minimum atomic E-state index is -0.0733. The minimum Gasteiger partial charge on any atom is -0.397 e. The molecule has 0 aliphatic heterocycles. The summed E-state index contributed by atoms with van der Waals surface area (Å²) < 4.78 is 0. The topological polar surface area (TPSA) is 67.2 Å². The first-order valence-corrected chi connectivity index (χ1v) is 8.90. The van der Waals surface area contributed by atoms with Crippen molar-refractivity contribution in [3.05, 3.63) is 23.8 Å². The van der Waals surface area contributed by atoms with E-state index in [1.807, 2.05) is 30.8 Å². The number of hydrogen-bond donors (Lipinski definition) is 3. The van der Waals surface area contributed by atoms with Crippen molar-refractivity contribution in [1.82, 2.24) is 5.32 Å². The molecule has 0 heterocycles. The largest absolute Gasteiger partial charge is 0.397 e. The lowest BCUT2D eigenvalue weighted by atomic mass is 9.94. The second-order valence-electron chi connectivity index (χ2n) is 5.53. The fraction of sp³-hybridized carbons (Fsp3) is 0.562. The van der Waals surface area contributed by atoms with Gasteiger partial charge in [0.25, 0.3) is 5.91 Å². The first kappa shape index (κ1) is 16.0. The molecule has 0 aromatic heterocycles. The van der Waals surface area contributed by atoms with Crippen LogP contribution in [0.2, 0.25) is 0 Å². The Hall–Kier alpha value is -1.36. The number of amides is 1. The quantitative estimate of drug-likeness (QED) is 0.731. The van der Waals surface area contributed by atoms with Gasteiger partial charge in [0.15, 0.2) is 0 Å². The summed E-state index contributed by atoms with van der Waals surface area (Å²) in [4.78, 5) is 11.8. The number of rotatable bonds is 5. The van der Waals surface area contributed by atoms with Crippen molar-refractivity contribution >= 4 is 29.0 Å². The Balaban J connectivity index is 2.02. The Morgan fingerprint density at radius 1 is 1.43 bits per heavy atom. The molecule has 0 saturated heterocycles. The number of nitrogen functional groups attached to an aromatic ring is 1. The standard InChI is InChI=1S/C16H25N3OS/c1-3-18-16(20)11-7-8-15(14(17)9-11)19-12-5-4-6-13(10-12)21-2/h7-9,12-13,19H,3-6,10,17H2,1-2H3,(H,18,20). The van der Waals surface area contributed by atoms with Crippen molar-refractivity contribution in [2.24, 2.45) is 0 Å². The Labute approximate surface area is 131 Å². The van der Waals surface area contributed by atoms with Crippen molar-refractivity contribution in [2.45, 2.75) is 43.9 Å². The van der Waals surface area contributed by atoms with Gasteiger partial charge in [-0.1, -0.05) is 6.42 Å². The maximum Gasteiger partial charge on any atom is 0.251 e. The van der Waals surface area contributed by atoms with Crippen molar-refractivity contribution < 1.29 is 4.79 Å². The number of benzene rings is 1. The molecule has 21 heavy (non-hydrogen) atoms. The van der Waals surface area contributed by atoms with Gasteiger partial charge in [0.05, 0.1) is 11.4 Å². The fourth-order valence-corrected chi connectivity index (χ4v) is 3.64. The number of carbonyl (C=O) groups is 1. The predicted octanol–water partition coefficient (Wildman–Crippen LogP) is 3.10. The van der Waals surface area contributed by atoms with Gasteiger partial charge in [-0.15, -0.1) is 0 Å². The van der Waals surface area contributed by atoms with E-state index < -0.39 is 0 Å². The minimum absolute atomic E-state index is 0.0733. The van der Waals surface area contributed by atoms with Gasteiger partial charge < -0.3 is 16.4 Å². The van der Waals surface area contributed by atoms with Crippen LogP contribution in [0.1, 0.15) is 43.0 Å². The number of carbonyl (C=O) groups excluding carboxylic acids is 1. The van der Waals surface area contributed by atoms with Crippen LogP contribution in [0.5, 0.6) is 0 Å². The van der Waals surface area contributed by atoms with Crippen LogP contribution in [-0.4, -0.2) is 30.0 Å². The molecular formula is C16H25N3OS. The van der Waals surface area contributed by atoms with Crippen LogP contribution in [0.3, 0.4) is 0 Å². The van der Waals surface area contributed by atoms with E-state index in [1.54, 1.807) is 6.07 Å². The Bertz CT molecular complexity index is 492. The predicted molar refractivity (Wildman–Crippen MR) is 92.0 cm³/mol. The summed E-state index contributed by atoms with van der Waals surface area (Å²) in [7, 11) is 0. The summed E-state index contributed by atoms with van der Waals surface area (Å²) in [5.74, 6) is -0.0733. The van der Waals surface area contributed by atoms with Crippen LogP contribution in [-0.2, 0) is 0 Å². The molecule has 1 amide bonds. The van der Waals surface area contributed by atoms with E-state index in [2.05, 4.69) is 16.9 Å². The Kier molecular flexibility index (Phi) is 5.79. The Morgan fingerprint density at radius 2 is 2.24 bits per heavy atom. The summed E-state index contributed by atoms with van der Waals surface area (Å²) in [6.07, 6.45) is 7.13. The fourth-order valence-electron chi connectivity index (χ4n) is 2.81. The van der Waals surface area contributed by atoms with Gasteiger partial charge in [0.2, 0.25) is 0 Å². The van der Waals surface area contributed by atoms with Gasteiger partial charge in [-0.2, -0.15) is 11.8 Å². The molecule has 0 bridgehead atoms. The van der Waals surface area contributed by atoms with E-state index in [1.165, 1.54) is 25.7 Å². The molecule has 0 spiro atoms. The molecule has 1 aromatic carbocycles. The van der Waals surface area contributed by atoms with Gasteiger partial charge in [0, 0.05) is 23.4 Å². The van der Waals surface area contributed by atoms with Gasteiger partial charge in [-0.05, 0) is 50.6 Å². The molecule has 1 aliphatic carbocycles. The third-order valence-electron chi connectivity index (χ3n) is 3.97. The van der Waals surface area contributed by atoms with E-state index in [4.69, 9.17) is 5.73 Å². The normalized spacial score (nSPS) is 21.8. The lowest BCUT2D eigenvalue weighted by Crippen LogP contribution is -2.29. The zero-order chi connectivity index (χ0) is 15.2. The summed E-state index contributed by atoms with van der Waals surface area (Å²) >= 11 is 1.95. The molecular weight excluding hydrogens is 282 g/mol. The van der Waals surface area contributed by atoms with E-state index >= 15 is 0 Å². The molecule has 2 unspecified atom stereocenters. The van der Waals surface area contributed by atoms with Crippen LogP contribution >= 0.6 is 11.8 Å². The molecule has 5 heteroatoms. The number of nitrogens with one attached hydrogen (secondary N) is 2. The summed E-state index contributed by atoms with van der Waals surface area (Å²) in [5, 5.41) is 7.07. The van der Waals surface area contributed by atoms with Gasteiger partial charge >= 0.3 is 0 Å². The van der Waals surface area contributed by atoms with E-state index in [9.17, 15) is 4.79 Å². The monoisotopic (exact) mass is 307 g/mol. The van der Waals surface area contributed by atoms with E-state index in [0.29, 0.717) is 23.8 Å². The van der Waals surface area contributed by atoms with Gasteiger partial charge in [0.1, 0.15) is 0 Å². The first-order valence-electron chi connectivity index (χ1n) is 7.61. The second kappa shape index (κ2) is 7.59. The third kappa shape index (κ3) is 4.30. The van der Waals surface area contributed by atoms with Crippen LogP contribution in [0.25, 0.3) is 0 Å². The zero-order valence-electron chi connectivity index (χ0n) is 12.8. The molecule has 1 aliphatic rings. The van der Waals surface area contributed by atoms with Crippen molar-refractivity contribution in [3.8, 4) is 0 Å². The number of hydrogen-bond acceptors (Lipinski definition) is 4. The highest BCUT2D eigenvalue weighted by atomic mass is 32.2. The maximum absolute atomic E-state index is 11.8. The summed E-state index contributed by atoms with van der Waals surface area (Å²) in [5.41, 5.74) is 8.29. The molecule has 1 fully saturated rings. The van der Waals surface area contributed by atoms with Gasteiger partial charge in [-0.3, -0.25) is 4.79 Å². The molecule has 1 saturated carbocycles. The summed E-state index contributed by atoms with van der Waals surface area (Å²) in [6.45, 7) is 2.53. The number of anilines is 2. The van der Waals surface area contributed by atoms with Gasteiger partial charge in [-0.25, -0.2) is 0 Å². The highest BCUT2D eigenvalue weighted by molar-refractivity contribution is 7.99. The average Bonchev–Trinajstić information content (AvgIpc) is 2.49. The molecule has 2 rings (SSSR count).